The van der Waals surface area contributed by atoms with E-state index in [1.165, 1.54) is 5.56 Å². The third-order valence-electron chi connectivity index (χ3n) is 3.21. The molecule has 1 fully saturated rings. The van der Waals surface area contributed by atoms with Gasteiger partial charge in [0.15, 0.2) is 0 Å². The second kappa shape index (κ2) is 6.03. The Morgan fingerprint density at radius 2 is 2.12 bits per heavy atom. The van der Waals surface area contributed by atoms with Crippen molar-refractivity contribution in [2.75, 3.05) is 33.3 Å². The van der Waals surface area contributed by atoms with Gasteiger partial charge in [-0.25, -0.2) is 0 Å². The van der Waals surface area contributed by atoms with Crippen molar-refractivity contribution in [2.45, 2.75) is 19.4 Å². The van der Waals surface area contributed by atoms with Gasteiger partial charge in [0, 0.05) is 25.7 Å². The fourth-order valence-electron chi connectivity index (χ4n) is 2.14. The van der Waals surface area contributed by atoms with Gasteiger partial charge in [0.1, 0.15) is 5.75 Å². The minimum Gasteiger partial charge on any atom is -0.494 e. The first-order valence-corrected chi connectivity index (χ1v) is 6.35. The molecule has 94 valence electrons. The van der Waals surface area contributed by atoms with Gasteiger partial charge < -0.3 is 15.0 Å². The number of hydrogen-bond acceptors (Lipinski definition) is 3. The third kappa shape index (κ3) is 4.02. The molecule has 1 aromatic carbocycles. The molecular formula is C14H22N2O. The zero-order chi connectivity index (χ0) is 12.1. The normalized spacial score (nSPS) is 21.4. The van der Waals surface area contributed by atoms with Crippen molar-refractivity contribution >= 4 is 0 Å². The molecule has 0 saturated carbocycles. The van der Waals surface area contributed by atoms with Crippen molar-refractivity contribution in [3.05, 3.63) is 29.8 Å². The average molecular weight is 234 g/mol. The van der Waals surface area contributed by atoms with E-state index >= 15 is 0 Å². The highest BCUT2D eigenvalue weighted by Gasteiger charge is 2.15. The van der Waals surface area contributed by atoms with E-state index in [0.717, 1.165) is 38.4 Å². The summed E-state index contributed by atoms with van der Waals surface area (Å²) in [5.41, 5.74) is 1.27. The lowest BCUT2D eigenvalue weighted by atomic mass is 10.1. The summed E-state index contributed by atoms with van der Waals surface area (Å²) >= 11 is 0. The first-order chi connectivity index (χ1) is 8.24. The topological polar surface area (TPSA) is 24.5 Å². The number of benzene rings is 1. The zero-order valence-electron chi connectivity index (χ0n) is 10.8. The molecule has 1 heterocycles. The second-order valence-electron chi connectivity index (χ2n) is 4.86. The van der Waals surface area contributed by atoms with Gasteiger partial charge in [0.2, 0.25) is 0 Å². The van der Waals surface area contributed by atoms with Crippen LogP contribution >= 0.6 is 0 Å². The zero-order valence-corrected chi connectivity index (χ0v) is 10.8. The minimum atomic E-state index is 0.569. The SMILES string of the molecule is Cc1ccc(OCCC2CN(C)CCN2)cc1. The van der Waals surface area contributed by atoms with Crippen molar-refractivity contribution < 1.29 is 4.74 Å². The number of nitrogens with one attached hydrogen (secondary N) is 1. The lowest BCUT2D eigenvalue weighted by Gasteiger charge is -2.30. The molecule has 3 nitrogen and oxygen atoms in total. The van der Waals surface area contributed by atoms with E-state index < -0.39 is 0 Å². The largest absolute Gasteiger partial charge is 0.494 e. The molecular weight excluding hydrogens is 212 g/mol. The Morgan fingerprint density at radius 3 is 2.82 bits per heavy atom. The van der Waals surface area contributed by atoms with Gasteiger partial charge in [-0.2, -0.15) is 0 Å². The van der Waals surface area contributed by atoms with Crippen LogP contribution in [0.3, 0.4) is 0 Å². The van der Waals surface area contributed by atoms with Crippen LogP contribution in [0.2, 0.25) is 0 Å². The third-order valence-corrected chi connectivity index (χ3v) is 3.21. The molecule has 0 spiro atoms. The van der Waals surface area contributed by atoms with Crippen LogP contribution in [0, 0.1) is 6.92 Å². The molecule has 0 aliphatic carbocycles. The maximum atomic E-state index is 5.74. The van der Waals surface area contributed by atoms with E-state index in [9.17, 15) is 0 Å². The molecule has 1 aromatic rings. The Kier molecular flexibility index (Phi) is 4.40. The van der Waals surface area contributed by atoms with Crippen LogP contribution in [0.15, 0.2) is 24.3 Å². The summed E-state index contributed by atoms with van der Waals surface area (Å²) in [5, 5.41) is 3.52. The smallest absolute Gasteiger partial charge is 0.119 e. The van der Waals surface area contributed by atoms with Crippen molar-refractivity contribution in [2.24, 2.45) is 0 Å². The molecule has 1 unspecified atom stereocenters. The molecule has 0 bridgehead atoms. The van der Waals surface area contributed by atoms with Gasteiger partial charge in [-0.3, -0.25) is 0 Å². The molecule has 1 atom stereocenters. The number of aryl methyl sites for hydroxylation is 1. The second-order valence-corrected chi connectivity index (χ2v) is 4.86. The van der Waals surface area contributed by atoms with Gasteiger partial charge >= 0.3 is 0 Å². The van der Waals surface area contributed by atoms with Gasteiger partial charge in [0.05, 0.1) is 6.61 Å². The summed E-state index contributed by atoms with van der Waals surface area (Å²) in [7, 11) is 2.18. The number of hydrogen-bond donors (Lipinski definition) is 1. The highest BCUT2D eigenvalue weighted by atomic mass is 16.5. The number of piperazine rings is 1. The summed E-state index contributed by atoms with van der Waals surface area (Å²) < 4.78 is 5.74. The maximum Gasteiger partial charge on any atom is 0.119 e. The first kappa shape index (κ1) is 12.4. The van der Waals surface area contributed by atoms with Gasteiger partial charge in [-0.15, -0.1) is 0 Å². The molecule has 0 aromatic heterocycles. The van der Waals surface area contributed by atoms with E-state index in [1.807, 2.05) is 12.1 Å². The fraction of sp³-hybridized carbons (Fsp3) is 0.571. The molecule has 2 rings (SSSR count). The standard InChI is InChI=1S/C14H22N2O/c1-12-3-5-14(6-4-12)17-10-7-13-11-16(2)9-8-15-13/h3-6,13,15H,7-11H2,1-2H3. The van der Waals surface area contributed by atoms with E-state index in [-0.39, 0.29) is 0 Å². The Hall–Kier alpha value is -1.06. The lowest BCUT2D eigenvalue weighted by molar-refractivity contribution is 0.206. The molecule has 1 saturated heterocycles. The molecule has 0 radical (unpaired) electrons. The van der Waals surface area contributed by atoms with Gasteiger partial charge in [-0.1, -0.05) is 17.7 Å². The summed E-state index contributed by atoms with van der Waals surface area (Å²) in [4.78, 5) is 2.37. The van der Waals surface area contributed by atoms with Crippen LogP contribution in [0.25, 0.3) is 0 Å². The molecule has 17 heavy (non-hydrogen) atoms. The predicted octanol–water partition coefficient (Wildman–Crippen LogP) is 1.67. The summed E-state index contributed by atoms with van der Waals surface area (Å²) in [5.74, 6) is 0.972. The molecule has 1 aliphatic heterocycles. The molecule has 1 aliphatic rings. The molecule has 0 amide bonds. The summed E-state index contributed by atoms with van der Waals surface area (Å²) in [6.07, 6.45) is 1.07. The van der Waals surface area contributed by atoms with Crippen molar-refractivity contribution in [3.63, 3.8) is 0 Å². The van der Waals surface area contributed by atoms with Crippen LogP contribution in [-0.4, -0.2) is 44.2 Å². The van der Waals surface area contributed by atoms with Crippen LogP contribution in [-0.2, 0) is 0 Å². The number of rotatable bonds is 4. The Morgan fingerprint density at radius 1 is 1.35 bits per heavy atom. The predicted molar refractivity (Wildman–Crippen MR) is 70.6 cm³/mol. The van der Waals surface area contributed by atoms with E-state index in [2.05, 4.69) is 36.3 Å². The molecule has 1 N–H and O–H groups in total. The van der Waals surface area contributed by atoms with E-state index in [4.69, 9.17) is 4.74 Å². The summed E-state index contributed by atoms with van der Waals surface area (Å²) in [6.45, 7) is 6.23. The Balaban J connectivity index is 1.70. The number of likely N-dealkylation sites (N-methyl/N-ethyl adjacent to an activating group) is 1. The monoisotopic (exact) mass is 234 g/mol. The lowest BCUT2D eigenvalue weighted by Crippen LogP contribution is -2.49. The van der Waals surface area contributed by atoms with Crippen molar-refractivity contribution in [3.8, 4) is 5.75 Å². The average Bonchev–Trinajstić information content (AvgIpc) is 2.32. The first-order valence-electron chi connectivity index (χ1n) is 6.35. The Bertz CT molecular complexity index is 337. The van der Waals surface area contributed by atoms with Crippen LogP contribution in [0.1, 0.15) is 12.0 Å². The van der Waals surface area contributed by atoms with Crippen LogP contribution in [0.4, 0.5) is 0 Å². The maximum absolute atomic E-state index is 5.74. The quantitative estimate of drug-likeness (QED) is 0.857. The Labute approximate surface area is 104 Å². The number of ether oxygens (including phenoxy) is 1. The minimum absolute atomic E-state index is 0.569. The van der Waals surface area contributed by atoms with Gasteiger partial charge in [0.25, 0.3) is 0 Å². The molecule has 3 heteroatoms. The van der Waals surface area contributed by atoms with Crippen LogP contribution < -0.4 is 10.1 Å². The van der Waals surface area contributed by atoms with Crippen LogP contribution in [0.5, 0.6) is 5.75 Å². The fourth-order valence-corrected chi connectivity index (χ4v) is 2.14. The highest BCUT2D eigenvalue weighted by molar-refractivity contribution is 5.26. The summed E-state index contributed by atoms with van der Waals surface area (Å²) in [6, 6.07) is 8.81. The van der Waals surface area contributed by atoms with Gasteiger partial charge in [-0.05, 0) is 32.5 Å². The van der Waals surface area contributed by atoms with E-state index in [0.29, 0.717) is 6.04 Å². The van der Waals surface area contributed by atoms with Crippen molar-refractivity contribution in [1.29, 1.82) is 0 Å². The number of nitrogens with zero attached hydrogens (tertiary/aromatic N) is 1. The van der Waals surface area contributed by atoms with Crippen molar-refractivity contribution in [1.82, 2.24) is 10.2 Å². The highest BCUT2D eigenvalue weighted by Crippen LogP contribution is 2.12. The van der Waals surface area contributed by atoms with E-state index in [1.54, 1.807) is 0 Å².